The Labute approximate surface area is 107 Å². The molecule has 1 N–H and O–H groups in total. The minimum absolute atomic E-state index is 0.131. The monoisotopic (exact) mass is 286 g/mol. The number of rotatable bonds is 3. The number of nitrogens with one attached hydrogen (secondary N) is 1. The molecule has 0 spiro atoms. The number of hydrogen-bond acceptors (Lipinski definition) is 6. The van der Waals surface area contributed by atoms with Crippen LogP contribution in [-0.4, -0.2) is 29.6 Å². The van der Waals surface area contributed by atoms with Crippen LogP contribution in [-0.2, 0) is 9.84 Å². The van der Waals surface area contributed by atoms with Gasteiger partial charge in [-0.25, -0.2) is 8.42 Å². The van der Waals surface area contributed by atoms with E-state index >= 15 is 0 Å². The first-order valence-corrected chi connectivity index (χ1v) is 6.88. The van der Waals surface area contributed by atoms with E-state index in [9.17, 15) is 17.2 Å². The van der Waals surface area contributed by atoms with Gasteiger partial charge < -0.3 is 5.32 Å². The van der Waals surface area contributed by atoms with E-state index in [1.165, 1.54) is 24.3 Å². The van der Waals surface area contributed by atoms with Crippen molar-refractivity contribution in [2.24, 2.45) is 0 Å². The lowest BCUT2D eigenvalue weighted by Gasteiger charge is -2.05. The molecule has 0 amide bonds. The number of benzene rings is 1. The number of halogens is 2. The predicted octanol–water partition coefficient (Wildman–Crippen LogP) is 1.30. The topological polar surface area (TPSA) is 84.8 Å². The summed E-state index contributed by atoms with van der Waals surface area (Å²) in [5, 5.41) is 2.53. The lowest BCUT2D eigenvalue weighted by atomic mass is 10.3. The predicted molar refractivity (Wildman–Crippen MR) is 62.6 cm³/mol. The van der Waals surface area contributed by atoms with E-state index in [0.29, 0.717) is 5.69 Å². The molecule has 100 valence electrons. The Morgan fingerprint density at radius 2 is 1.53 bits per heavy atom. The Hall–Kier alpha value is -2.16. The van der Waals surface area contributed by atoms with Gasteiger partial charge in [-0.2, -0.15) is 23.7 Å². The van der Waals surface area contributed by atoms with E-state index in [1.54, 1.807) is 0 Å². The van der Waals surface area contributed by atoms with Gasteiger partial charge in [0, 0.05) is 11.9 Å². The van der Waals surface area contributed by atoms with Crippen LogP contribution in [0.1, 0.15) is 0 Å². The van der Waals surface area contributed by atoms with Crippen LogP contribution in [0.25, 0.3) is 0 Å². The van der Waals surface area contributed by atoms with Crippen LogP contribution in [0.5, 0.6) is 0 Å². The van der Waals surface area contributed by atoms with Crippen molar-refractivity contribution < 1.29 is 17.2 Å². The molecule has 1 aromatic heterocycles. The maximum atomic E-state index is 12.7. The summed E-state index contributed by atoms with van der Waals surface area (Å²) in [7, 11) is -3.29. The van der Waals surface area contributed by atoms with Crippen molar-refractivity contribution in [3.05, 3.63) is 36.4 Å². The van der Waals surface area contributed by atoms with Gasteiger partial charge >= 0.3 is 12.2 Å². The zero-order chi connectivity index (χ0) is 14.0. The Kier molecular flexibility index (Phi) is 3.38. The van der Waals surface area contributed by atoms with Crippen molar-refractivity contribution in [1.29, 1.82) is 0 Å². The van der Waals surface area contributed by atoms with Crippen LogP contribution in [0.3, 0.4) is 0 Å². The van der Waals surface area contributed by atoms with Gasteiger partial charge in [0.2, 0.25) is 5.95 Å². The summed E-state index contributed by atoms with van der Waals surface area (Å²) in [5.41, 5.74) is 0.386. The molecule has 19 heavy (non-hydrogen) atoms. The zero-order valence-electron chi connectivity index (χ0n) is 9.63. The molecule has 0 radical (unpaired) electrons. The molecular weight excluding hydrogens is 278 g/mol. The van der Waals surface area contributed by atoms with Crippen molar-refractivity contribution >= 4 is 21.5 Å². The molecule has 9 heteroatoms. The molecule has 0 aliphatic carbocycles. The average molecular weight is 286 g/mol. The summed E-state index contributed by atoms with van der Waals surface area (Å²) in [6.45, 7) is 0. The van der Waals surface area contributed by atoms with Gasteiger partial charge in [-0.05, 0) is 24.3 Å². The molecule has 0 aliphatic rings. The number of anilines is 2. The Balaban J connectivity index is 2.24. The van der Waals surface area contributed by atoms with Gasteiger partial charge in [0.1, 0.15) is 0 Å². The molecule has 0 aliphatic heterocycles. The molecule has 2 aromatic rings. The van der Waals surface area contributed by atoms with Crippen LogP contribution in [0.2, 0.25) is 0 Å². The fourth-order valence-corrected chi connectivity index (χ4v) is 1.93. The normalized spacial score (nSPS) is 11.3. The van der Waals surface area contributed by atoms with Gasteiger partial charge in [-0.1, -0.05) is 0 Å². The molecular formula is C10H8F2N4O2S. The fourth-order valence-electron chi connectivity index (χ4n) is 1.30. The maximum Gasteiger partial charge on any atom is 0.315 e. The Morgan fingerprint density at radius 3 is 2.00 bits per heavy atom. The zero-order valence-corrected chi connectivity index (χ0v) is 10.4. The first-order valence-electron chi connectivity index (χ1n) is 4.99. The number of sulfone groups is 1. The quantitative estimate of drug-likeness (QED) is 0.915. The van der Waals surface area contributed by atoms with Crippen LogP contribution in [0.15, 0.2) is 29.2 Å². The second-order valence-corrected chi connectivity index (χ2v) is 5.63. The smallest absolute Gasteiger partial charge is 0.315 e. The molecule has 2 rings (SSSR count). The van der Waals surface area contributed by atoms with E-state index < -0.39 is 22.0 Å². The standard InChI is InChI=1S/C10H8F2N4O2S/c1-19(17,18)7-4-2-6(3-5-7)13-10-15-8(11)14-9(12)16-10/h2-5H,1H3,(H,13,14,15,16). The number of nitrogens with zero attached hydrogens (tertiary/aromatic N) is 3. The Bertz CT molecular complexity index is 684. The molecule has 0 saturated heterocycles. The third kappa shape index (κ3) is 3.41. The van der Waals surface area contributed by atoms with Gasteiger partial charge in [-0.15, -0.1) is 0 Å². The van der Waals surface area contributed by atoms with Crippen LogP contribution in [0.4, 0.5) is 20.4 Å². The van der Waals surface area contributed by atoms with Crippen molar-refractivity contribution in [3.63, 3.8) is 0 Å². The second-order valence-electron chi connectivity index (χ2n) is 3.62. The molecule has 0 fully saturated rings. The van der Waals surface area contributed by atoms with Gasteiger partial charge in [-0.3, -0.25) is 0 Å². The molecule has 0 atom stereocenters. The molecule has 6 nitrogen and oxygen atoms in total. The SMILES string of the molecule is CS(=O)(=O)c1ccc(Nc2nc(F)nc(F)n2)cc1. The highest BCUT2D eigenvalue weighted by Gasteiger charge is 2.08. The minimum Gasteiger partial charge on any atom is -0.324 e. The van der Waals surface area contributed by atoms with E-state index in [0.717, 1.165) is 6.26 Å². The van der Waals surface area contributed by atoms with Crippen molar-refractivity contribution in [3.8, 4) is 0 Å². The first kappa shape index (κ1) is 13.3. The van der Waals surface area contributed by atoms with Gasteiger partial charge in [0.15, 0.2) is 9.84 Å². The van der Waals surface area contributed by atoms with E-state index in [-0.39, 0.29) is 10.8 Å². The molecule has 0 saturated carbocycles. The minimum atomic E-state index is -3.29. The van der Waals surface area contributed by atoms with E-state index in [2.05, 4.69) is 20.3 Å². The van der Waals surface area contributed by atoms with Gasteiger partial charge in [0.25, 0.3) is 0 Å². The fraction of sp³-hybridized carbons (Fsp3) is 0.100. The Morgan fingerprint density at radius 1 is 1.00 bits per heavy atom. The summed E-state index contributed by atoms with van der Waals surface area (Å²) < 4.78 is 47.9. The van der Waals surface area contributed by atoms with Crippen LogP contribution < -0.4 is 5.32 Å². The lowest BCUT2D eigenvalue weighted by Crippen LogP contribution is -2.04. The maximum absolute atomic E-state index is 12.7. The first-order chi connectivity index (χ1) is 8.84. The van der Waals surface area contributed by atoms with E-state index in [1.807, 2.05) is 0 Å². The van der Waals surface area contributed by atoms with Crippen molar-refractivity contribution in [2.45, 2.75) is 4.90 Å². The molecule has 1 heterocycles. The number of aromatic nitrogens is 3. The summed E-state index contributed by atoms with van der Waals surface area (Å²) in [4.78, 5) is 9.36. The lowest BCUT2D eigenvalue weighted by molar-refractivity contribution is 0.458. The summed E-state index contributed by atoms with van der Waals surface area (Å²) >= 11 is 0. The van der Waals surface area contributed by atoms with Gasteiger partial charge in [0.05, 0.1) is 4.90 Å². The molecule has 0 bridgehead atoms. The second kappa shape index (κ2) is 4.84. The highest BCUT2D eigenvalue weighted by Crippen LogP contribution is 2.16. The highest BCUT2D eigenvalue weighted by molar-refractivity contribution is 7.90. The average Bonchev–Trinajstić information content (AvgIpc) is 2.26. The third-order valence-electron chi connectivity index (χ3n) is 2.12. The summed E-state index contributed by atoms with van der Waals surface area (Å²) in [5.74, 6) is -0.308. The summed E-state index contributed by atoms with van der Waals surface area (Å²) in [6, 6.07) is 5.56. The molecule has 0 unspecified atom stereocenters. The van der Waals surface area contributed by atoms with E-state index in [4.69, 9.17) is 0 Å². The highest BCUT2D eigenvalue weighted by atomic mass is 32.2. The molecule has 1 aromatic carbocycles. The van der Waals surface area contributed by atoms with Crippen LogP contribution >= 0.6 is 0 Å². The van der Waals surface area contributed by atoms with Crippen LogP contribution in [0, 0.1) is 12.2 Å². The largest absolute Gasteiger partial charge is 0.324 e. The van der Waals surface area contributed by atoms with Crippen molar-refractivity contribution in [2.75, 3.05) is 11.6 Å². The van der Waals surface area contributed by atoms with Crippen molar-refractivity contribution in [1.82, 2.24) is 15.0 Å². The summed E-state index contributed by atoms with van der Waals surface area (Å²) in [6.07, 6.45) is -1.42. The number of hydrogen-bond donors (Lipinski definition) is 1. The third-order valence-corrected chi connectivity index (χ3v) is 3.25.